The normalized spacial score (nSPS) is 23.6. The number of aromatic hydroxyl groups is 1. The van der Waals surface area contributed by atoms with Crippen LogP contribution in [0.5, 0.6) is 11.6 Å². The number of phenolic OH excluding ortho intramolecular Hbond substituents is 1. The molecule has 2 aliphatic rings. The van der Waals surface area contributed by atoms with Crippen LogP contribution in [0.15, 0.2) is 60.7 Å². The number of para-hydroxylation sites is 1. The summed E-state index contributed by atoms with van der Waals surface area (Å²) < 4.78 is 19.0. The average molecular weight is 495 g/mol. The number of phenols is 1. The molecule has 0 unspecified atom stereocenters. The van der Waals surface area contributed by atoms with E-state index in [0.717, 1.165) is 16.7 Å². The maximum Gasteiger partial charge on any atom is 0.198 e. The van der Waals surface area contributed by atoms with Gasteiger partial charge in [-0.3, -0.25) is 4.57 Å². The summed E-state index contributed by atoms with van der Waals surface area (Å²) in [6.45, 7) is 0.167. The van der Waals surface area contributed by atoms with Crippen molar-refractivity contribution >= 4 is 22.6 Å². The first-order valence-corrected chi connectivity index (χ1v) is 11.7. The highest BCUT2D eigenvalue weighted by molar-refractivity contribution is 6.33. The Hall–Kier alpha value is -3.14. The molecule has 8 nitrogen and oxygen atoms in total. The summed E-state index contributed by atoms with van der Waals surface area (Å²) in [6, 6.07) is 18.3. The van der Waals surface area contributed by atoms with E-state index >= 15 is 0 Å². The summed E-state index contributed by atoms with van der Waals surface area (Å²) in [5.74, 6) is 0.629. The van der Waals surface area contributed by atoms with Crippen LogP contribution in [0.25, 0.3) is 33.4 Å². The van der Waals surface area contributed by atoms with Crippen molar-refractivity contribution in [2.45, 2.75) is 31.1 Å². The van der Waals surface area contributed by atoms with Gasteiger partial charge in [0.25, 0.3) is 0 Å². The molecule has 4 atom stereocenters. The van der Waals surface area contributed by atoms with E-state index in [4.69, 9.17) is 30.8 Å². The lowest BCUT2D eigenvalue weighted by atomic mass is 10.0. The van der Waals surface area contributed by atoms with E-state index in [1.54, 1.807) is 28.8 Å². The number of hydrogen-bond donors (Lipinski definition) is 3. The first kappa shape index (κ1) is 22.3. The summed E-state index contributed by atoms with van der Waals surface area (Å²) in [7, 11) is 0. The number of hydrogen-bond acceptors (Lipinski definition) is 7. The third-order valence-electron chi connectivity index (χ3n) is 6.57. The van der Waals surface area contributed by atoms with E-state index in [0.29, 0.717) is 27.6 Å². The van der Waals surface area contributed by atoms with Gasteiger partial charge >= 0.3 is 0 Å². The van der Waals surface area contributed by atoms with Crippen molar-refractivity contribution < 1.29 is 29.5 Å². The van der Waals surface area contributed by atoms with E-state index in [1.165, 1.54) is 0 Å². The van der Waals surface area contributed by atoms with Crippen LogP contribution in [0.4, 0.5) is 0 Å². The van der Waals surface area contributed by atoms with Crippen LogP contribution in [0.3, 0.4) is 0 Å². The number of aliphatic hydroxyl groups excluding tert-OH is 2. The molecule has 2 fully saturated rings. The number of aromatic nitrogens is 2. The van der Waals surface area contributed by atoms with Gasteiger partial charge in [0.2, 0.25) is 0 Å². The number of fused-ring (bicyclic) bond motifs is 2. The van der Waals surface area contributed by atoms with Gasteiger partial charge in [-0.25, -0.2) is 4.98 Å². The molecule has 0 amide bonds. The fourth-order valence-electron chi connectivity index (χ4n) is 4.80. The molecule has 3 N–H and O–H groups in total. The maximum atomic E-state index is 10.1. The molecule has 2 saturated heterocycles. The Morgan fingerprint density at radius 2 is 1.74 bits per heavy atom. The highest BCUT2D eigenvalue weighted by atomic mass is 35.5. The largest absolute Gasteiger partial charge is 0.507 e. The van der Waals surface area contributed by atoms with Crippen LogP contribution in [-0.2, 0) is 16.2 Å². The van der Waals surface area contributed by atoms with Gasteiger partial charge in [-0.05, 0) is 17.7 Å². The van der Waals surface area contributed by atoms with Crippen LogP contribution in [0.1, 0.15) is 0 Å². The predicted octanol–water partition coefficient (Wildman–Crippen LogP) is 3.59. The Balaban J connectivity index is 1.32. The van der Waals surface area contributed by atoms with Crippen LogP contribution >= 0.6 is 11.6 Å². The van der Waals surface area contributed by atoms with Gasteiger partial charge in [0.1, 0.15) is 30.8 Å². The number of halogens is 1. The molecular formula is C26H23ClN2O6. The predicted molar refractivity (Wildman–Crippen MR) is 129 cm³/mol. The Morgan fingerprint density at radius 3 is 2.51 bits per heavy atom. The number of aliphatic hydroxyl groups is 2. The Bertz CT molecular complexity index is 1390. The maximum absolute atomic E-state index is 10.1. The Kier molecular flexibility index (Phi) is 5.63. The Labute approximate surface area is 205 Å². The smallest absolute Gasteiger partial charge is 0.198 e. The first-order chi connectivity index (χ1) is 17.0. The minimum atomic E-state index is -0.669. The lowest BCUT2D eigenvalue weighted by Gasteiger charge is -2.18. The number of nitrogens with zero attached hydrogens (tertiary/aromatic N) is 2. The molecular weight excluding hydrogens is 472 g/mol. The zero-order valence-electron chi connectivity index (χ0n) is 18.5. The fourth-order valence-corrected chi connectivity index (χ4v) is 5.06. The monoisotopic (exact) mass is 494 g/mol. The van der Waals surface area contributed by atoms with E-state index in [9.17, 15) is 15.3 Å². The summed E-state index contributed by atoms with van der Waals surface area (Å²) in [4.78, 5) is 4.75. The quantitative estimate of drug-likeness (QED) is 0.389. The Morgan fingerprint density at radius 1 is 1.00 bits per heavy atom. The molecule has 2 aliphatic heterocycles. The minimum absolute atomic E-state index is 0.210. The van der Waals surface area contributed by atoms with E-state index in [2.05, 4.69) is 0 Å². The summed E-state index contributed by atoms with van der Waals surface area (Å²) >= 11 is 6.61. The van der Waals surface area contributed by atoms with Crippen molar-refractivity contribution in [3.05, 3.63) is 65.7 Å². The van der Waals surface area contributed by atoms with Crippen molar-refractivity contribution in [3.8, 4) is 34.0 Å². The van der Waals surface area contributed by atoms with Gasteiger partial charge in [0.05, 0.1) is 35.0 Å². The molecule has 4 aromatic rings. The number of pyridine rings is 1. The third-order valence-corrected chi connectivity index (χ3v) is 6.86. The van der Waals surface area contributed by atoms with Gasteiger partial charge in [0.15, 0.2) is 12.0 Å². The highest BCUT2D eigenvalue weighted by Gasteiger charge is 2.48. The van der Waals surface area contributed by atoms with Crippen molar-refractivity contribution in [2.24, 2.45) is 0 Å². The second-order valence-corrected chi connectivity index (χ2v) is 9.10. The fraction of sp³-hybridized carbons (Fsp3) is 0.269. The molecule has 35 heavy (non-hydrogen) atoms. The standard InChI is InChI=1S/C26H23ClN2O6/c27-17-9-19-18(10-23(29(19)13-30)35-22-12-34-25-21(32)11-33-26(22)25)28-24(17)15-7-5-14(6-8-15)16-3-1-2-4-20(16)31/h1-10,21-22,25-26,30-32H,11-13H2/t21-,22-,25-,26-/m1/s1. The van der Waals surface area contributed by atoms with E-state index in [1.807, 2.05) is 36.4 Å². The number of ether oxygens (including phenoxy) is 3. The molecule has 0 bridgehead atoms. The molecule has 0 spiro atoms. The highest BCUT2D eigenvalue weighted by Crippen LogP contribution is 2.36. The molecule has 2 aromatic heterocycles. The molecule has 6 rings (SSSR count). The topological polar surface area (TPSA) is 106 Å². The molecule has 9 heteroatoms. The SMILES string of the molecule is OCn1c(O[C@@H]2CO[C@H]3[C@@H]2OC[C@H]3O)cc2nc(-c3ccc(-c4ccccc4O)cc3)c(Cl)cc21. The van der Waals surface area contributed by atoms with Gasteiger partial charge in [-0.15, -0.1) is 0 Å². The van der Waals surface area contributed by atoms with Crippen molar-refractivity contribution in [1.29, 1.82) is 0 Å². The van der Waals surface area contributed by atoms with Crippen molar-refractivity contribution in [1.82, 2.24) is 9.55 Å². The lowest BCUT2D eigenvalue weighted by molar-refractivity contribution is 0.00624. The zero-order valence-corrected chi connectivity index (χ0v) is 19.3. The van der Waals surface area contributed by atoms with Crippen LogP contribution < -0.4 is 4.74 Å². The van der Waals surface area contributed by atoms with E-state index < -0.39 is 18.3 Å². The molecule has 0 radical (unpaired) electrons. The zero-order chi connectivity index (χ0) is 24.1. The molecule has 4 heterocycles. The molecule has 180 valence electrons. The lowest BCUT2D eigenvalue weighted by Crippen LogP contribution is -2.35. The van der Waals surface area contributed by atoms with Crippen molar-refractivity contribution in [3.63, 3.8) is 0 Å². The van der Waals surface area contributed by atoms with Crippen LogP contribution in [0.2, 0.25) is 5.02 Å². The van der Waals surface area contributed by atoms with E-state index in [-0.39, 0.29) is 31.8 Å². The summed E-state index contributed by atoms with van der Waals surface area (Å²) in [5.41, 5.74) is 4.27. The summed E-state index contributed by atoms with van der Waals surface area (Å²) in [6.07, 6.45) is -1.86. The second-order valence-electron chi connectivity index (χ2n) is 8.69. The second kappa shape index (κ2) is 8.82. The number of rotatable bonds is 5. The first-order valence-electron chi connectivity index (χ1n) is 11.3. The number of benzene rings is 2. The van der Waals surface area contributed by atoms with Crippen LogP contribution in [0, 0.1) is 0 Å². The average Bonchev–Trinajstić information content (AvgIpc) is 3.54. The van der Waals surface area contributed by atoms with Gasteiger partial charge in [-0.2, -0.15) is 0 Å². The van der Waals surface area contributed by atoms with Gasteiger partial charge in [-0.1, -0.05) is 54.1 Å². The van der Waals surface area contributed by atoms with Gasteiger partial charge in [0, 0.05) is 17.2 Å². The molecule has 2 aromatic carbocycles. The molecule has 0 aliphatic carbocycles. The summed E-state index contributed by atoms with van der Waals surface area (Å²) in [5, 5.41) is 30.6. The van der Waals surface area contributed by atoms with Crippen molar-refractivity contribution in [2.75, 3.05) is 13.2 Å². The van der Waals surface area contributed by atoms with Crippen LogP contribution in [-0.4, -0.2) is 62.5 Å². The van der Waals surface area contributed by atoms with Gasteiger partial charge < -0.3 is 29.5 Å². The third kappa shape index (κ3) is 3.84. The molecule has 0 saturated carbocycles. The minimum Gasteiger partial charge on any atom is -0.507 e.